The number of hydrogen-bond donors (Lipinski definition) is 1. The summed E-state index contributed by atoms with van der Waals surface area (Å²) in [6, 6.07) is 3.94. The molecule has 29 heavy (non-hydrogen) atoms. The maximum atomic E-state index is 13.3. The number of amides is 1. The van der Waals surface area contributed by atoms with Crippen LogP contribution in [0.3, 0.4) is 0 Å². The molecule has 0 saturated carbocycles. The zero-order chi connectivity index (χ0) is 19.8. The zero-order valence-electron chi connectivity index (χ0n) is 16.3. The SMILES string of the molecule is Cc1onc(-c2cccnc2)c1C(=O)N1CCc2nc([C@H]3CCCN3)ncc2C1. The van der Waals surface area contributed by atoms with Crippen LogP contribution in [-0.4, -0.2) is 44.0 Å². The van der Waals surface area contributed by atoms with Crippen LogP contribution < -0.4 is 5.32 Å². The van der Waals surface area contributed by atoms with Gasteiger partial charge in [0.2, 0.25) is 0 Å². The Morgan fingerprint density at radius 2 is 2.28 bits per heavy atom. The van der Waals surface area contributed by atoms with Gasteiger partial charge < -0.3 is 14.7 Å². The van der Waals surface area contributed by atoms with Crippen molar-refractivity contribution in [3.8, 4) is 11.3 Å². The normalized spacial score (nSPS) is 18.7. The monoisotopic (exact) mass is 390 g/mol. The first-order valence-corrected chi connectivity index (χ1v) is 9.94. The van der Waals surface area contributed by atoms with Crippen LogP contribution in [0.15, 0.2) is 35.2 Å². The summed E-state index contributed by atoms with van der Waals surface area (Å²) in [6.45, 7) is 3.88. The van der Waals surface area contributed by atoms with Crippen LogP contribution in [0.4, 0.5) is 0 Å². The van der Waals surface area contributed by atoms with Gasteiger partial charge in [-0.15, -0.1) is 0 Å². The minimum atomic E-state index is -0.0882. The van der Waals surface area contributed by atoms with Crippen molar-refractivity contribution in [1.82, 2.24) is 30.3 Å². The van der Waals surface area contributed by atoms with Gasteiger partial charge in [-0.2, -0.15) is 0 Å². The molecule has 0 bridgehead atoms. The Hall–Kier alpha value is -3.13. The van der Waals surface area contributed by atoms with Gasteiger partial charge in [0.05, 0.1) is 11.7 Å². The second-order valence-corrected chi connectivity index (χ2v) is 7.53. The van der Waals surface area contributed by atoms with Crippen LogP contribution in [0.25, 0.3) is 11.3 Å². The van der Waals surface area contributed by atoms with E-state index in [1.54, 1.807) is 19.3 Å². The number of nitrogens with one attached hydrogen (secondary N) is 1. The highest BCUT2D eigenvalue weighted by Crippen LogP contribution is 2.28. The molecule has 1 fully saturated rings. The first-order valence-electron chi connectivity index (χ1n) is 9.94. The first-order chi connectivity index (χ1) is 14.2. The van der Waals surface area contributed by atoms with E-state index in [2.05, 4.69) is 20.4 Å². The van der Waals surface area contributed by atoms with Crippen molar-refractivity contribution in [2.24, 2.45) is 0 Å². The van der Waals surface area contributed by atoms with E-state index < -0.39 is 0 Å². The van der Waals surface area contributed by atoms with E-state index in [0.29, 0.717) is 30.1 Å². The lowest BCUT2D eigenvalue weighted by Crippen LogP contribution is -2.37. The van der Waals surface area contributed by atoms with Gasteiger partial charge in [-0.05, 0) is 38.4 Å². The predicted octanol–water partition coefficient (Wildman–Crippen LogP) is 2.46. The lowest BCUT2D eigenvalue weighted by atomic mass is 10.0. The molecule has 8 heteroatoms. The molecule has 1 amide bonds. The maximum absolute atomic E-state index is 13.3. The number of aromatic nitrogens is 4. The number of hydrogen-bond acceptors (Lipinski definition) is 7. The molecule has 1 N–H and O–H groups in total. The van der Waals surface area contributed by atoms with Gasteiger partial charge >= 0.3 is 0 Å². The van der Waals surface area contributed by atoms with Crippen molar-refractivity contribution in [3.63, 3.8) is 0 Å². The van der Waals surface area contributed by atoms with Crippen LogP contribution in [0.5, 0.6) is 0 Å². The van der Waals surface area contributed by atoms with E-state index in [4.69, 9.17) is 9.51 Å². The van der Waals surface area contributed by atoms with Gasteiger partial charge in [0.15, 0.2) is 0 Å². The molecule has 5 heterocycles. The molecule has 0 aliphatic carbocycles. The summed E-state index contributed by atoms with van der Waals surface area (Å²) in [5.41, 5.74) is 3.84. The second-order valence-electron chi connectivity index (χ2n) is 7.53. The average Bonchev–Trinajstić information content (AvgIpc) is 3.43. The fourth-order valence-electron chi connectivity index (χ4n) is 4.06. The van der Waals surface area contributed by atoms with E-state index >= 15 is 0 Å². The topological polar surface area (TPSA) is 97.0 Å². The lowest BCUT2D eigenvalue weighted by molar-refractivity contribution is 0.0732. The summed E-state index contributed by atoms with van der Waals surface area (Å²) in [5.74, 6) is 1.29. The molecule has 3 aromatic heterocycles. The Morgan fingerprint density at radius 3 is 3.07 bits per heavy atom. The van der Waals surface area contributed by atoms with Crippen LogP contribution in [0, 0.1) is 6.92 Å². The van der Waals surface area contributed by atoms with Gasteiger partial charge in [-0.1, -0.05) is 5.16 Å². The largest absolute Gasteiger partial charge is 0.360 e. The van der Waals surface area contributed by atoms with E-state index in [1.807, 2.05) is 23.2 Å². The summed E-state index contributed by atoms with van der Waals surface area (Å²) in [4.78, 5) is 28.6. The van der Waals surface area contributed by atoms with Crippen molar-refractivity contribution < 1.29 is 9.32 Å². The fourth-order valence-corrected chi connectivity index (χ4v) is 4.06. The first kappa shape index (κ1) is 17.9. The van der Waals surface area contributed by atoms with Crippen LogP contribution in [0.2, 0.25) is 0 Å². The zero-order valence-corrected chi connectivity index (χ0v) is 16.3. The molecule has 0 spiro atoms. The third-order valence-corrected chi connectivity index (χ3v) is 5.62. The highest BCUT2D eigenvalue weighted by molar-refractivity contribution is 6.00. The van der Waals surface area contributed by atoms with Gasteiger partial charge in [0.25, 0.3) is 5.91 Å². The van der Waals surface area contributed by atoms with Crippen molar-refractivity contribution >= 4 is 5.91 Å². The molecule has 1 saturated heterocycles. The quantitative estimate of drug-likeness (QED) is 0.734. The Morgan fingerprint density at radius 1 is 1.34 bits per heavy atom. The Bertz CT molecular complexity index is 1040. The summed E-state index contributed by atoms with van der Waals surface area (Å²) in [7, 11) is 0. The number of aryl methyl sites for hydroxylation is 1. The summed E-state index contributed by atoms with van der Waals surface area (Å²) >= 11 is 0. The van der Waals surface area contributed by atoms with Crippen LogP contribution in [-0.2, 0) is 13.0 Å². The second kappa shape index (κ2) is 7.36. The predicted molar refractivity (Wildman–Crippen MR) is 105 cm³/mol. The van der Waals surface area contributed by atoms with Gasteiger partial charge in [-0.3, -0.25) is 9.78 Å². The molecule has 0 unspecified atom stereocenters. The van der Waals surface area contributed by atoms with E-state index in [9.17, 15) is 4.79 Å². The van der Waals surface area contributed by atoms with Crippen LogP contribution in [0.1, 0.15) is 52.1 Å². The minimum Gasteiger partial charge on any atom is -0.360 e. The summed E-state index contributed by atoms with van der Waals surface area (Å²) in [5, 5.41) is 7.55. The number of pyridine rings is 1. The molecule has 3 aromatic rings. The van der Waals surface area contributed by atoms with Gasteiger partial charge in [0.1, 0.15) is 22.8 Å². The highest BCUT2D eigenvalue weighted by atomic mass is 16.5. The molecule has 148 valence electrons. The third-order valence-electron chi connectivity index (χ3n) is 5.62. The van der Waals surface area contributed by atoms with Crippen molar-refractivity contribution in [2.75, 3.05) is 13.1 Å². The molecule has 2 aliphatic rings. The number of fused-ring (bicyclic) bond motifs is 1. The van der Waals surface area contributed by atoms with Crippen molar-refractivity contribution in [2.45, 2.75) is 38.8 Å². The molecule has 0 radical (unpaired) electrons. The summed E-state index contributed by atoms with van der Waals surface area (Å²) in [6.07, 6.45) is 8.20. The van der Waals surface area contributed by atoms with Gasteiger partial charge in [0, 0.05) is 49.2 Å². The summed E-state index contributed by atoms with van der Waals surface area (Å²) < 4.78 is 5.35. The Kier molecular flexibility index (Phi) is 4.55. The molecule has 0 aromatic carbocycles. The minimum absolute atomic E-state index is 0.0882. The van der Waals surface area contributed by atoms with E-state index in [1.165, 1.54) is 0 Å². The number of rotatable bonds is 3. The molecule has 5 rings (SSSR count). The smallest absolute Gasteiger partial charge is 0.260 e. The molecule has 2 aliphatic heterocycles. The van der Waals surface area contributed by atoms with Crippen molar-refractivity contribution in [1.29, 1.82) is 0 Å². The van der Waals surface area contributed by atoms with E-state index in [-0.39, 0.29) is 11.9 Å². The number of carbonyl (C=O) groups excluding carboxylic acids is 1. The fraction of sp³-hybridized carbons (Fsp3) is 0.381. The molecule has 1 atom stereocenters. The maximum Gasteiger partial charge on any atom is 0.260 e. The number of carbonyl (C=O) groups is 1. The molecule has 8 nitrogen and oxygen atoms in total. The lowest BCUT2D eigenvalue weighted by Gasteiger charge is -2.28. The average molecular weight is 390 g/mol. The van der Waals surface area contributed by atoms with Crippen LogP contribution >= 0.6 is 0 Å². The van der Waals surface area contributed by atoms with Crippen molar-refractivity contribution in [3.05, 3.63) is 59.1 Å². The van der Waals surface area contributed by atoms with E-state index in [0.717, 1.165) is 48.5 Å². The number of nitrogens with zero attached hydrogens (tertiary/aromatic N) is 5. The molecular weight excluding hydrogens is 368 g/mol. The van der Waals surface area contributed by atoms with Gasteiger partial charge in [-0.25, -0.2) is 9.97 Å². The third kappa shape index (κ3) is 3.29. The molecular formula is C21H22N6O2. The Balaban J connectivity index is 1.40. The Labute approximate surface area is 168 Å². The highest BCUT2D eigenvalue weighted by Gasteiger charge is 2.30. The standard InChI is InChI=1S/C21H22N6O2/c1-13-18(19(26-29-13)14-4-2-7-22-10-14)21(28)27-9-6-16-15(12-27)11-24-20(25-16)17-5-3-8-23-17/h2,4,7,10-11,17,23H,3,5-6,8-9,12H2,1H3/t17-/m1/s1.